The number of piperidine rings is 1. The SMILES string of the molecule is CN(C)CCO[C@@H]1C[C@H](O)C12CCN(c1ccncc1F)CC2. The molecule has 23 heavy (non-hydrogen) atoms. The molecule has 0 radical (unpaired) electrons. The standard InChI is InChI=1S/C17H26FN3O2/c1-20(2)9-10-23-16-11-15(22)17(16)4-7-21(8-5-17)14-3-6-19-12-13(14)18/h3,6,12,15-16,22H,4-5,7-11H2,1-2H3/t15-,16+/m0/s1. The van der Waals surface area contributed by atoms with E-state index in [4.69, 9.17) is 4.74 Å². The fraction of sp³-hybridized carbons (Fsp3) is 0.706. The van der Waals surface area contributed by atoms with Crippen LogP contribution in [0.1, 0.15) is 19.3 Å². The molecule has 2 aliphatic rings. The van der Waals surface area contributed by atoms with Crippen LogP contribution >= 0.6 is 0 Å². The number of nitrogens with zero attached hydrogens (tertiary/aromatic N) is 3. The lowest BCUT2D eigenvalue weighted by atomic mass is 9.58. The van der Waals surface area contributed by atoms with Crippen LogP contribution in [0.5, 0.6) is 0 Å². The summed E-state index contributed by atoms with van der Waals surface area (Å²) in [5.74, 6) is -0.281. The molecule has 5 nitrogen and oxygen atoms in total. The molecule has 1 aliphatic carbocycles. The number of likely N-dealkylation sites (N-methyl/N-ethyl adjacent to an activating group) is 1. The van der Waals surface area contributed by atoms with E-state index in [1.54, 1.807) is 12.3 Å². The molecule has 1 N–H and O–H groups in total. The first kappa shape index (κ1) is 16.6. The Labute approximate surface area is 137 Å². The van der Waals surface area contributed by atoms with Crippen molar-refractivity contribution in [2.75, 3.05) is 45.2 Å². The second-order valence-electron chi connectivity index (χ2n) is 6.96. The highest BCUT2D eigenvalue weighted by Crippen LogP contribution is 2.51. The minimum Gasteiger partial charge on any atom is -0.392 e. The zero-order valence-corrected chi connectivity index (χ0v) is 13.9. The van der Waals surface area contributed by atoms with Gasteiger partial charge in [-0.15, -0.1) is 0 Å². The molecular formula is C17H26FN3O2. The molecule has 0 bridgehead atoms. The molecule has 1 saturated heterocycles. The monoisotopic (exact) mass is 323 g/mol. The normalized spacial score (nSPS) is 26.6. The van der Waals surface area contributed by atoms with Gasteiger partial charge in [0.25, 0.3) is 0 Å². The van der Waals surface area contributed by atoms with Crippen molar-refractivity contribution in [3.63, 3.8) is 0 Å². The van der Waals surface area contributed by atoms with E-state index in [1.165, 1.54) is 6.20 Å². The van der Waals surface area contributed by atoms with Crippen LogP contribution in [-0.2, 0) is 4.74 Å². The summed E-state index contributed by atoms with van der Waals surface area (Å²) in [6, 6.07) is 1.72. The molecule has 6 heteroatoms. The number of hydrogen-bond acceptors (Lipinski definition) is 5. The smallest absolute Gasteiger partial charge is 0.164 e. The van der Waals surface area contributed by atoms with E-state index < -0.39 is 0 Å². The van der Waals surface area contributed by atoms with Gasteiger partial charge in [-0.3, -0.25) is 4.98 Å². The number of aromatic nitrogens is 1. The van der Waals surface area contributed by atoms with Crippen molar-refractivity contribution in [3.8, 4) is 0 Å². The Balaban J connectivity index is 1.59. The van der Waals surface area contributed by atoms with Crippen LogP contribution in [0.4, 0.5) is 10.1 Å². The Hall–Kier alpha value is -1.24. The number of halogens is 1. The maximum Gasteiger partial charge on any atom is 0.164 e. The zero-order valence-electron chi connectivity index (χ0n) is 13.9. The van der Waals surface area contributed by atoms with E-state index in [0.29, 0.717) is 12.3 Å². The highest BCUT2D eigenvalue weighted by atomic mass is 19.1. The quantitative estimate of drug-likeness (QED) is 0.890. The molecule has 1 saturated carbocycles. The van der Waals surface area contributed by atoms with Gasteiger partial charge in [0.05, 0.1) is 30.7 Å². The van der Waals surface area contributed by atoms with Gasteiger partial charge in [0.15, 0.2) is 5.82 Å². The van der Waals surface area contributed by atoms with Crippen LogP contribution in [0.3, 0.4) is 0 Å². The maximum atomic E-state index is 13.9. The van der Waals surface area contributed by atoms with Crippen LogP contribution in [-0.4, -0.2) is 67.5 Å². The summed E-state index contributed by atoms with van der Waals surface area (Å²) in [5, 5.41) is 10.3. The van der Waals surface area contributed by atoms with Gasteiger partial charge in [-0.2, -0.15) is 0 Å². The highest BCUT2D eigenvalue weighted by molar-refractivity contribution is 5.46. The van der Waals surface area contributed by atoms with Crippen LogP contribution in [0.25, 0.3) is 0 Å². The van der Waals surface area contributed by atoms with Gasteiger partial charge in [0, 0.05) is 37.7 Å². The van der Waals surface area contributed by atoms with Crippen molar-refractivity contribution in [3.05, 3.63) is 24.3 Å². The van der Waals surface area contributed by atoms with E-state index in [9.17, 15) is 9.50 Å². The van der Waals surface area contributed by atoms with Gasteiger partial charge in [-0.25, -0.2) is 4.39 Å². The molecule has 1 aromatic heterocycles. The lowest BCUT2D eigenvalue weighted by Gasteiger charge is -2.57. The second kappa shape index (κ2) is 6.71. The van der Waals surface area contributed by atoms with Crippen molar-refractivity contribution < 1.29 is 14.2 Å². The first-order chi connectivity index (χ1) is 11.0. The fourth-order valence-corrected chi connectivity index (χ4v) is 3.78. The predicted octanol–water partition coefficient (Wildman–Crippen LogP) is 1.52. The largest absolute Gasteiger partial charge is 0.392 e. The molecule has 1 aromatic rings. The van der Waals surface area contributed by atoms with Crippen molar-refractivity contribution in [2.24, 2.45) is 5.41 Å². The van der Waals surface area contributed by atoms with Crippen LogP contribution in [0.15, 0.2) is 18.5 Å². The van der Waals surface area contributed by atoms with Crippen LogP contribution < -0.4 is 4.90 Å². The summed E-state index contributed by atoms with van der Waals surface area (Å²) in [7, 11) is 4.05. The van der Waals surface area contributed by atoms with Crippen molar-refractivity contribution in [1.82, 2.24) is 9.88 Å². The molecule has 0 unspecified atom stereocenters. The second-order valence-corrected chi connectivity index (χ2v) is 6.96. The zero-order chi connectivity index (χ0) is 16.4. The third-order valence-corrected chi connectivity index (χ3v) is 5.39. The minimum absolute atomic E-state index is 0.127. The number of aliphatic hydroxyl groups is 1. The molecule has 2 atom stereocenters. The third kappa shape index (κ3) is 3.20. The molecule has 2 heterocycles. The number of ether oxygens (including phenoxy) is 1. The maximum absolute atomic E-state index is 13.9. The Bertz CT molecular complexity index is 532. The summed E-state index contributed by atoms with van der Waals surface area (Å²) in [4.78, 5) is 7.94. The van der Waals surface area contributed by atoms with Gasteiger partial charge >= 0.3 is 0 Å². The van der Waals surface area contributed by atoms with Crippen LogP contribution in [0.2, 0.25) is 0 Å². The van der Waals surface area contributed by atoms with E-state index in [1.807, 2.05) is 19.0 Å². The van der Waals surface area contributed by atoms with Crippen molar-refractivity contribution >= 4 is 5.69 Å². The molecule has 0 amide bonds. The molecule has 1 spiro atoms. The average molecular weight is 323 g/mol. The Morgan fingerprint density at radius 3 is 2.78 bits per heavy atom. The number of aliphatic hydroxyl groups excluding tert-OH is 1. The molecule has 0 aromatic carbocycles. The van der Waals surface area contributed by atoms with Crippen molar-refractivity contribution in [2.45, 2.75) is 31.5 Å². The fourth-order valence-electron chi connectivity index (χ4n) is 3.78. The van der Waals surface area contributed by atoms with Gasteiger partial charge in [0.2, 0.25) is 0 Å². The topological polar surface area (TPSA) is 48.8 Å². The van der Waals surface area contributed by atoms with E-state index in [0.717, 1.165) is 38.9 Å². The first-order valence-electron chi connectivity index (χ1n) is 8.32. The number of rotatable bonds is 5. The molecule has 2 fully saturated rings. The summed E-state index contributed by atoms with van der Waals surface area (Å²) in [6.45, 7) is 3.06. The summed E-state index contributed by atoms with van der Waals surface area (Å²) in [5.41, 5.74) is 0.459. The van der Waals surface area contributed by atoms with Gasteiger partial charge in [0.1, 0.15) is 0 Å². The van der Waals surface area contributed by atoms with Gasteiger partial charge in [-0.05, 0) is 33.0 Å². The Morgan fingerprint density at radius 2 is 2.17 bits per heavy atom. The molecular weight excluding hydrogens is 297 g/mol. The average Bonchev–Trinajstić information content (AvgIpc) is 2.54. The third-order valence-electron chi connectivity index (χ3n) is 5.39. The predicted molar refractivity (Wildman–Crippen MR) is 87.0 cm³/mol. The van der Waals surface area contributed by atoms with E-state index in [2.05, 4.69) is 9.88 Å². The highest BCUT2D eigenvalue weighted by Gasteiger charge is 2.56. The minimum atomic E-state index is -0.295. The Morgan fingerprint density at radius 1 is 1.43 bits per heavy atom. The first-order valence-corrected chi connectivity index (χ1v) is 8.32. The van der Waals surface area contributed by atoms with Gasteiger partial charge in [-0.1, -0.05) is 0 Å². The van der Waals surface area contributed by atoms with E-state index in [-0.39, 0.29) is 23.4 Å². The lowest BCUT2D eigenvalue weighted by Crippen LogP contribution is -2.62. The van der Waals surface area contributed by atoms with Crippen molar-refractivity contribution in [1.29, 1.82) is 0 Å². The summed E-state index contributed by atoms with van der Waals surface area (Å²) >= 11 is 0. The molecule has 1 aliphatic heterocycles. The lowest BCUT2D eigenvalue weighted by molar-refractivity contribution is -0.202. The number of pyridine rings is 1. The van der Waals surface area contributed by atoms with Gasteiger partial charge < -0.3 is 19.6 Å². The molecule has 3 rings (SSSR count). The number of anilines is 1. The van der Waals surface area contributed by atoms with E-state index >= 15 is 0 Å². The molecule has 128 valence electrons. The summed E-state index contributed by atoms with van der Waals surface area (Å²) in [6.07, 6.45) is 5.10. The summed E-state index contributed by atoms with van der Waals surface area (Å²) < 4.78 is 19.9. The van der Waals surface area contributed by atoms with Crippen LogP contribution in [0, 0.1) is 11.2 Å². The number of hydrogen-bond donors (Lipinski definition) is 1. The Kier molecular flexibility index (Phi) is 4.85.